The first-order valence-electron chi connectivity index (χ1n) is 7.02. The largest absolute Gasteiger partial charge is 0.494 e. The van der Waals surface area contributed by atoms with Crippen molar-refractivity contribution in [2.75, 3.05) is 26.7 Å². The molecule has 106 valence electrons. The molecular weight excluding hydrogens is 243 g/mol. The van der Waals surface area contributed by atoms with Gasteiger partial charge in [0.15, 0.2) is 11.6 Å². The number of benzene rings is 1. The van der Waals surface area contributed by atoms with Crippen LogP contribution in [0.5, 0.6) is 5.75 Å². The SMILES string of the molecule is CCNCC1CCCN1Cc1cccc(OC)c1F. The van der Waals surface area contributed by atoms with Crippen molar-refractivity contribution in [1.29, 1.82) is 0 Å². The molecule has 1 aromatic carbocycles. The number of hydrogen-bond donors (Lipinski definition) is 1. The first-order valence-corrected chi connectivity index (χ1v) is 7.02. The number of ether oxygens (including phenoxy) is 1. The van der Waals surface area contributed by atoms with Crippen LogP contribution in [-0.2, 0) is 6.54 Å². The molecule has 4 heteroatoms. The maximum atomic E-state index is 14.1. The summed E-state index contributed by atoms with van der Waals surface area (Å²) in [6.07, 6.45) is 2.39. The molecule has 1 atom stereocenters. The van der Waals surface area contributed by atoms with Crippen LogP contribution in [-0.4, -0.2) is 37.7 Å². The van der Waals surface area contributed by atoms with Crippen molar-refractivity contribution in [3.8, 4) is 5.75 Å². The van der Waals surface area contributed by atoms with Gasteiger partial charge in [-0.15, -0.1) is 0 Å². The number of rotatable bonds is 6. The van der Waals surface area contributed by atoms with E-state index in [-0.39, 0.29) is 5.82 Å². The standard InChI is InChI=1S/C15H23FN2O/c1-3-17-10-13-7-5-9-18(13)11-12-6-4-8-14(19-2)15(12)16/h4,6,8,13,17H,3,5,7,9-11H2,1-2H3. The van der Waals surface area contributed by atoms with Gasteiger partial charge in [0.2, 0.25) is 0 Å². The number of nitrogens with one attached hydrogen (secondary N) is 1. The van der Waals surface area contributed by atoms with Crippen molar-refractivity contribution in [3.05, 3.63) is 29.6 Å². The predicted molar refractivity (Wildman–Crippen MR) is 74.9 cm³/mol. The zero-order valence-electron chi connectivity index (χ0n) is 11.8. The molecule has 1 saturated heterocycles. The van der Waals surface area contributed by atoms with Crippen molar-refractivity contribution in [2.24, 2.45) is 0 Å². The molecule has 0 radical (unpaired) electrons. The maximum absolute atomic E-state index is 14.1. The van der Waals surface area contributed by atoms with Crippen LogP contribution in [0.4, 0.5) is 4.39 Å². The Labute approximate surface area is 114 Å². The molecule has 0 aliphatic carbocycles. The van der Waals surface area contributed by atoms with Crippen molar-refractivity contribution < 1.29 is 9.13 Å². The van der Waals surface area contributed by atoms with Crippen molar-refractivity contribution in [1.82, 2.24) is 10.2 Å². The van der Waals surface area contributed by atoms with E-state index in [4.69, 9.17) is 4.74 Å². The van der Waals surface area contributed by atoms with Crippen LogP contribution in [0.3, 0.4) is 0 Å². The third-order valence-electron chi connectivity index (χ3n) is 3.77. The lowest BCUT2D eigenvalue weighted by molar-refractivity contribution is 0.236. The summed E-state index contributed by atoms with van der Waals surface area (Å²) in [5, 5.41) is 3.38. The van der Waals surface area contributed by atoms with Gasteiger partial charge in [-0.25, -0.2) is 4.39 Å². The third kappa shape index (κ3) is 3.45. The van der Waals surface area contributed by atoms with Gasteiger partial charge in [0.25, 0.3) is 0 Å². The molecule has 1 aliphatic rings. The van der Waals surface area contributed by atoms with Gasteiger partial charge in [0.05, 0.1) is 7.11 Å². The van der Waals surface area contributed by atoms with Gasteiger partial charge in [-0.2, -0.15) is 0 Å². The molecule has 0 spiro atoms. The van der Waals surface area contributed by atoms with E-state index in [9.17, 15) is 4.39 Å². The second-order valence-electron chi connectivity index (χ2n) is 5.01. The van der Waals surface area contributed by atoms with Gasteiger partial charge in [0.1, 0.15) is 0 Å². The lowest BCUT2D eigenvalue weighted by Gasteiger charge is -2.25. The smallest absolute Gasteiger partial charge is 0.169 e. The predicted octanol–water partition coefficient (Wildman–Crippen LogP) is 2.41. The molecule has 1 aromatic rings. The van der Waals surface area contributed by atoms with E-state index < -0.39 is 0 Å². The first kappa shape index (κ1) is 14.3. The Morgan fingerprint density at radius 3 is 3.05 bits per heavy atom. The van der Waals surface area contributed by atoms with E-state index in [0.717, 1.165) is 25.2 Å². The van der Waals surface area contributed by atoms with E-state index in [1.165, 1.54) is 20.0 Å². The zero-order chi connectivity index (χ0) is 13.7. The minimum Gasteiger partial charge on any atom is -0.494 e. The van der Waals surface area contributed by atoms with Gasteiger partial charge in [-0.05, 0) is 32.0 Å². The molecule has 3 nitrogen and oxygen atoms in total. The summed E-state index contributed by atoms with van der Waals surface area (Å²) in [5.41, 5.74) is 0.725. The molecule has 2 rings (SSSR count). The summed E-state index contributed by atoms with van der Waals surface area (Å²) in [7, 11) is 1.51. The van der Waals surface area contributed by atoms with Gasteiger partial charge in [-0.1, -0.05) is 19.1 Å². The van der Waals surface area contributed by atoms with Crippen LogP contribution in [0.25, 0.3) is 0 Å². The Morgan fingerprint density at radius 1 is 1.47 bits per heavy atom. The number of nitrogens with zero attached hydrogens (tertiary/aromatic N) is 1. The molecule has 1 fully saturated rings. The summed E-state index contributed by atoms with van der Waals surface area (Å²) < 4.78 is 19.2. The highest BCUT2D eigenvalue weighted by Gasteiger charge is 2.25. The van der Waals surface area contributed by atoms with Crippen LogP contribution in [0.2, 0.25) is 0 Å². The fraction of sp³-hybridized carbons (Fsp3) is 0.600. The normalized spacial score (nSPS) is 19.8. The molecule has 1 aliphatic heterocycles. The highest BCUT2D eigenvalue weighted by molar-refractivity contribution is 5.31. The summed E-state index contributed by atoms with van der Waals surface area (Å²) in [6.45, 7) is 5.80. The molecule has 1 N–H and O–H groups in total. The fourth-order valence-electron chi connectivity index (χ4n) is 2.70. The summed E-state index contributed by atoms with van der Waals surface area (Å²) in [6, 6.07) is 5.89. The highest BCUT2D eigenvalue weighted by Crippen LogP contribution is 2.24. The van der Waals surface area contributed by atoms with E-state index in [0.29, 0.717) is 18.3 Å². The highest BCUT2D eigenvalue weighted by atomic mass is 19.1. The number of halogens is 1. The Hall–Kier alpha value is -1.13. The van der Waals surface area contributed by atoms with Gasteiger partial charge in [0, 0.05) is 24.7 Å². The number of hydrogen-bond acceptors (Lipinski definition) is 3. The van der Waals surface area contributed by atoms with Crippen molar-refractivity contribution >= 4 is 0 Å². The Kier molecular flexibility index (Phi) is 5.16. The molecule has 1 heterocycles. The second kappa shape index (κ2) is 6.87. The number of likely N-dealkylation sites (tertiary alicyclic amines) is 1. The summed E-state index contributed by atoms with van der Waals surface area (Å²) in [5.74, 6) is 0.110. The molecule has 0 saturated carbocycles. The third-order valence-corrected chi connectivity index (χ3v) is 3.77. The van der Waals surface area contributed by atoms with Gasteiger partial charge < -0.3 is 10.1 Å². The number of methoxy groups -OCH3 is 1. The van der Waals surface area contributed by atoms with E-state index in [1.54, 1.807) is 6.07 Å². The molecular formula is C15H23FN2O. The zero-order valence-corrected chi connectivity index (χ0v) is 11.8. The van der Waals surface area contributed by atoms with Crippen LogP contribution in [0, 0.1) is 5.82 Å². The Bertz CT molecular complexity index is 411. The van der Waals surface area contributed by atoms with Crippen LogP contribution in [0.15, 0.2) is 18.2 Å². The average Bonchev–Trinajstić information content (AvgIpc) is 2.86. The average molecular weight is 266 g/mol. The molecule has 0 amide bonds. The Morgan fingerprint density at radius 2 is 2.32 bits per heavy atom. The minimum atomic E-state index is -0.223. The fourth-order valence-corrected chi connectivity index (χ4v) is 2.70. The van der Waals surface area contributed by atoms with Crippen LogP contribution >= 0.6 is 0 Å². The van der Waals surface area contributed by atoms with Crippen LogP contribution < -0.4 is 10.1 Å². The van der Waals surface area contributed by atoms with Crippen molar-refractivity contribution in [2.45, 2.75) is 32.4 Å². The quantitative estimate of drug-likeness (QED) is 0.855. The maximum Gasteiger partial charge on any atom is 0.169 e. The summed E-state index contributed by atoms with van der Waals surface area (Å²) in [4.78, 5) is 2.36. The molecule has 0 bridgehead atoms. The minimum absolute atomic E-state index is 0.223. The van der Waals surface area contributed by atoms with Crippen molar-refractivity contribution in [3.63, 3.8) is 0 Å². The van der Waals surface area contributed by atoms with E-state index in [2.05, 4.69) is 17.1 Å². The second-order valence-corrected chi connectivity index (χ2v) is 5.01. The monoisotopic (exact) mass is 266 g/mol. The molecule has 1 unspecified atom stereocenters. The Balaban J connectivity index is 2.03. The van der Waals surface area contributed by atoms with Crippen LogP contribution in [0.1, 0.15) is 25.3 Å². The lowest BCUT2D eigenvalue weighted by atomic mass is 10.1. The molecule has 0 aromatic heterocycles. The van der Waals surface area contributed by atoms with E-state index in [1.807, 2.05) is 12.1 Å². The van der Waals surface area contributed by atoms with E-state index >= 15 is 0 Å². The van der Waals surface area contributed by atoms with Gasteiger partial charge in [-0.3, -0.25) is 4.90 Å². The topological polar surface area (TPSA) is 24.5 Å². The summed E-state index contributed by atoms with van der Waals surface area (Å²) >= 11 is 0. The van der Waals surface area contributed by atoms with Gasteiger partial charge >= 0.3 is 0 Å². The number of likely N-dealkylation sites (N-methyl/N-ethyl adjacent to an activating group) is 1. The first-order chi connectivity index (χ1) is 9.26. The molecule has 19 heavy (non-hydrogen) atoms. The lowest BCUT2D eigenvalue weighted by Crippen LogP contribution is -2.37.